The molecule has 0 aromatic rings. The van der Waals surface area contributed by atoms with Crippen LogP contribution in [0.2, 0.25) is 0 Å². The summed E-state index contributed by atoms with van der Waals surface area (Å²) in [5.74, 6) is -0.771. The van der Waals surface area contributed by atoms with Crippen LogP contribution in [0.5, 0.6) is 0 Å². The molecule has 4 heteroatoms. The summed E-state index contributed by atoms with van der Waals surface area (Å²) in [6.07, 6.45) is 0.632. The van der Waals surface area contributed by atoms with Crippen LogP contribution in [-0.4, -0.2) is 17.2 Å². The number of ketones is 1. The van der Waals surface area contributed by atoms with Crippen molar-refractivity contribution in [2.24, 2.45) is 0 Å². The highest BCUT2D eigenvalue weighted by molar-refractivity contribution is 9.12. The van der Waals surface area contributed by atoms with Gasteiger partial charge < -0.3 is 5.11 Å². The zero-order valence-electron chi connectivity index (χ0n) is 3.80. The van der Waals surface area contributed by atoms with Crippen molar-refractivity contribution >= 4 is 28.0 Å². The molecule has 0 fully saturated rings. The Morgan fingerprint density at radius 1 is 1.62 bits per heavy atom. The van der Waals surface area contributed by atoms with E-state index in [1.54, 1.807) is 0 Å². The van der Waals surface area contributed by atoms with Crippen LogP contribution >= 0.6 is 15.9 Å². The number of allylic oxidation sites excluding steroid dienone is 1. The van der Waals surface area contributed by atoms with Gasteiger partial charge in [0.15, 0.2) is 6.29 Å². The van der Waals surface area contributed by atoms with E-state index in [0.717, 1.165) is 0 Å². The Morgan fingerprint density at radius 2 is 2.12 bits per heavy atom. The average molecular weight is 179 g/mol. The predicted molar refractivity (Wildman–Crippen MR) is 30.7 cm³/mol. The number of aliphatic hydroxyl groups excluding tert-OH is 1. The number of hydrogen-bond donors (Lipinski definition) is 1. The lowest BCUT2D eigenvalue weighted by Crippen LogP contribution is -1.96. The van der Waals surface area contributed by atoms with Crippen molar-refractivity contribution in [2.45, 2.75) is 0 Å². The molecule has 0 heterocycles. The first-order valence-corrected chi connectivity index (χ1v) is 2.51. The largest absolute Gasteiger partial charge is 0.514 e. The van der Waals surface area contributed by atoms with E-state index in [-0.39, 0.29) is 10.8 Å². The molecule has 0 rings (SSSR count). The number of aldehydes is 1. The maximum atomic E-state index is 10.1. The van der Waals surface area contributed by atoms with Crippen LogP contribution in [0.15, 0.2) is 10.7 Å². The molecular formula is C4H3BrO3. The molecule has 0 spiro atoms. The summed E-state index contributed by atoms with van der Waals surface area (Å²) in [7, 11) is 0. The summed E-state index contributed by atoms with van der Waals surface area (Å²) in [4.78, 5) is 19.7. The van der Waals surface area contributed by atoms with E-state index < -0.39 is 5.78 Å². The predicted octanol–water partition coefficient (Wildman–Crippen LogP) is 0.549. The Morgan fingerprint density at radius 3 is 2.25 bits per heavy atom. The van der Waals surface area contributed by atoms with Gasteiger partial charge in [-0.25, -0.2) is 0 Å². The van der Waals surface area contributed by atoms with Crippen molar-refractivity contribution < 1.29 is 14.7 Å². The molecule has 0 aliphatic heterocycles. The Labute approximate surface area is 54.1 Å². The second kappa shape index (κ2) is 3.37. The van der Waals surface area contributed by atoms with Gasteiger partial charge in [0.1, 0.15) is 4.48 Å². The quantitative estimate of drug-likeness (QED) is 0.291. The van der Waals surface area contributed by atoms with Gasteiger partial charge in [0, 0.05) is 0 Å². The lowest BCUT2D eigenvalue weighted by atomic mass is 10.4. The molecule has 0 radical (unpaired) electrons. The van der Waals surface area contributed by atoms with Gasteiger partial charge in [-0.2, -0.15) is 0 Å². The molecule has 1 N–H and O–H groups in total. The van der Waals surface area contributed by atoms with Gasteiger partial charge in [-0.15, -0.1) is 0 Å². The molecular weight excluding hydrogens is 176 g/mol. The summed E-state index contributed by atoms with van der Waals surface area (Å²) in [5.41, 5.74) is 0. The topological polar surface area (TPSA) is 54.4 Å². The molecule has 44 valence electrons. The van der Waals surface area contributed by atoms with Crippen LogP contribution in [0, 0.1) is 0 Å². The molecule has 0 saturated carbocycles. The molecule has 0 bridgehead atoms. The molecule has 0 atom stereocenters. The summed E-state index contributed by atoms with van der Waals surface area (Å²) in [6, 6.07) is 0. The Bertz CT molecular complexity index is 138. The highest BCUT2D eigenvalue weighted by atomic mass is 79.9. The SMILES string of the molecule is O=CC(=O)C(Br)=CO. The van der Waals surface area contributed by atoms with Crippen LogP contribution in [0.3, 0.4) is 0 Å². The van der Waals surface area contributed by atoms with E-state index >= 15 is 0 Å². The van der Waals surface area contributed by atoms with Gasteiger partial charge >= 0.3 is 0 Å². The number of rotatable bonds is 2. The summed E-state index contributed by atoms with van der Waals surface area (Å²) < 4.78 is -0.132. The fourth-order valence-corrected chi connectivity index (χ4v) is 0.213. The summed E-state index contributed by atoms with van der Waals surface area (Å²) in [6.45, 7) is 0. The average Bonchev–Trinajstić information content (AvgIpc) is 1.84. The minimum absolute atomic E-state index is 0.108. The van der Waals surface area contributed by atoms with Gasteiger partial charge in [0.05, 0.1) is 6.26 Å². The van der Waals surface area contributed by atoms with E-state index in [4.69, 9.17) is 5.11 Å². The number of hydrogen-bond acceptors (Lipinski definition) is 3. The van der Waals surface area contributed by atoms with Crippen LogP contribution in [0.25, 0.3) is 0 Å². The lowest BCUT2D eigenvalue weighted by molar-refractivity contribution is -0.126. The van der Waals surface area contributed by atoms with Gasteiger partial charge in [-0.05, 0) is 15.9 Å². The van der Waals surface area contributed by atoms with Crippen molar-refractivity contribution in [3.8, 4) is 0 Å². The van der Waals surface area contributed by atoms with E-state index in [2.05, 4.69) is 15.9 Å². The minimum atomic E-state index is -0.771. The zero-order chi connectivity index (χ0) is 6.57. The number of carbonyl (C=O) groups excluding carboxylic acids is 2. The van der Waals surface area contributed by atoms with E-state index in [9.17, 15) is 9.59 Å². The first-order chi connectivity index (χ1) is 3.72. The van der Waals surface area contributed by atoms with E-state index in [1.807, 2.05) is 0 Å². The first-order valence-electron chi connectivity index (χ1n) is 1.71. The van der Waals surface area contributed by atoms with Crippen molar-refractivity contribution in [1.82, 2.24) is 0 Å². The van der Waals surface area contributed by atoms with Crippen molar-refractivity contribution in [3.05, 3.63) is 10.7 Å². The number of aliphatic hydroxyl groups is 1. The summed E-state index contributed by atoms with van der Waals surface area (Å²) in [5, 5.41) is 8.05. The van der Waals surface area contributed by atoms with Crippen LogP contribution in [-0.2, 0) is 9.59 Å². The highest BCUT2D eigenvalue weighted by Gasteiger charge is 2.01. The molecule has 0 aromatic heterocycles. The molecule has 0 aromatic carbocycles. The van der Waals surface area contributed by atoms with Crippen molar-refractivity contribution in [2.75, 3.05) is 0 Å². The van der Waals surface area contributed by atoms with Crippen LogP contribution < -0.4 is 0 Å². The van der Waals surface area contributed by atoms with Crippen LogP contribution in [0.1, 0.15) is 0 Å². The van der Waals surface area contributed by atoms with Crippen LogP contribution in [0.4, 0.5) is 0 Å². The molecule has 0 aliphatic rings. The molecule has 0 amide bonds. The Kier molecular flexibility index (Phi) is 3.10. The monoisotopic (exact) mass is 178 g/mol. The second-order valence-electron chi connectivity index (χ2n) is 0.959. The first kappa shape index (κ1) is 7.36. The number of Topliss-reactive ketones (excluding diaryl/α,β-unsaturated/α-hetero) is 1. The van der Waals surface area contributed by atoms with Gasteiger partial charge in [0.2, 0.25) is 5.78 Å². The third kappa shape index (κ3) is 1.88. The molecule has 0 aliphatic carbocycles. The van der Waals surface area contributed by atoms with E-state index in [1.165, 1.54) is 0 Å². The Balaban J connectivity index is 4.03. The number of halogens is 1. The standard InChI is InChI=1S/C4H3BrO3/c5-3(1-6)4(8)2-7/h1-2,6H. The van der Waals surface area contributed by atoms with E-state index in [0.29, 0.717) is 6.26 Å². The molecule has 3 nitrogen and oxygen atoms in total. The maximum absolute atomic E-state index is 10.1. The third-order valence-corrected chi connectivity index (χ3v) is 1.05. The minimum Gasteiger partial charge on any atom is -0.514 e. The Hall–Kier alpha value is -0.640. The number of carbonyl (C=O) groups is 2. The van der Waals surface area contributed by atoms with Gasteiger partial charge in [-0.1, -0.05) is 0 Å². The van der Waals surface area contributed by atoms with Crippen molar-refractivity contribution in [1.29, 1.82) is 0 Å². The van der Waals surface area contributed by atoms with Gasteiger partial charge in [-0.3, -0.25) is 9.59 Å². The molecule has 8 heavy (non-hydrogen) atoms. The van der Waals surface area contributed by atoms with Gasteiger partial charge in [0.25, 0.3) is 0 Å². The third-order valence-electron chi connectivity index (χ3n) is 0.456. The lowest BCUT2D eigenvalue weighted by Gasteiger charge is -1.81. The molecule has 0 unspecified atom stereocenters. The fourth-order valence-electron chi connectivity index (χ4n) is 0.120. The second-order valence-corrected chi connectivity index (χ2v) is 1.81. The highest BCUT2D eigenvalue weighted by Crippen LogP contribution is 2.01. The maximum Gasteiger partial charge on any atom is 0.235 e. The molecule has 0 saturated heterocycles. The smallest absolute Gasteiger partial charge is 0.235 e. The van der Waals surface area contributed by atoms with Crippen molar-refractivity contribution in [3.63, 3.8) is 0 Å². The zero-order valence-corrected chi connectivity index (χ0v) is 5.38. The fraction of sp³-hybridized carbons (Fsp3) is 0. The summed E-state index contributed by atoms with van der Waals surface area (Å²) >= 11 is 2.63. The normalized spacial score (nSPS) is 10.9.